The Morgan fingerprint density at radius 1 is 1.11 bits per heavy atom. The first-order chi connectivity index (χ1) is 12.9. The van der Waals surface area contributed by atoms with Gasteiger partial charge in [0.2, 0.25) is 0 Å². The minimum absolute atomic E-state index is 0.427. The third-order valence-corrected chi connectivity index (χ3v) is 4.77. The number of carbonyl (C=O) groups is 1. The molecule has 1 atom stereocenters. The molecule has 0 radical (unpaired) electrons. The van der Waals surface area contributed by atoms with E-state index in [2.05, 4.69) is 0 Å². The molecule has 3 rings (SSSR count). The van der Waals surface area contributed by atoms with Gasteiger partial charge in [0.25, 0.3) is 0 Å². The van der Waals surface area contributed by atoms with E-state index in [1.807, 2.05) is 43.3 Å². The summed E-state index contributed by atoms with van der Waals surface area (Å²) < 4.78 is 10.2. The lowest BCUT2D eigenvalue weighted by atomic mass is 9.86. The number of methoxy groups -OCH3 is 1. The van der Waals surface area contributed by atoms with Gasteiger partial charge in [0, 0.05) is 22.7 Å². The topological polar surface area (TPSA) is 51.1 Å². The minimum Gasteiger partial charge on any atom is -0.437 e. The number of benzene rings is 2. The van der Waals surface area contributed by atoms with E-state index in [0.717, 1.165) is 11.1 Å². The Morgan fingerprint density at radius 2 is 1.78 bits per heavy atom. The van der Waals surface area contributed by atoms with Gasteiger partial charge >= 0.3 is 6.16 Å². The molecule has 27 heavy (non-hydrogen) atoms. The average Bonchev–Trinajstić information content (AvgIpc) is 2.65. The molecule has 1 heterocycles. The highest BCUT2D eigenvalue weighted by Gasteiger charge is 2.34. The highest BCUT2D eigenvalue weighted by molar-refractivity contribution is 6.31. The van der Waals surface area contributed by atoms with Crippen LogP contribution in [-0.4, -0.2) is 31.0 Å². The number of rotatable bonds is 3. The second-order valence-corrected chi connectivity index (χ2v) is 6.89. The van der Waals surface area contributed by atoms with Crippen molar-refractivity contribution >= 4 is 35.1 Å². The summed E-state index contributed by atoms with van der Waals surface area (Å²) in [6.07, 6.45) is -0.794. The van der Waals surface area contributed by atoms with E-state index in [1.54, 1.807) is 24.2 Å². The van der Waals surface area contributed by atoms with Crippen LogP contribution in [0.25, 0.3) is 0 Å². The van der Waals surface area contributed by atoms with Gasteiger partial charge in [-0.05, 0) is 36.8 Å². The Bertz CT molecular complexity index is 940. The Labute approximate surface area is 167 Å². The predicted octanol–water partition coefficient (Wildman–Crippen LogP) is 5.44. The molecule has 0 spiro atoms. The van der Waals surface area contributed by atoms with E-state index < -0.39 is 12.1 Å². The van der Waals surface area contributed by atoms with Crippen LogP contribution < -0.4 is 0 Å². The summed E-state index contributed by atoms with van der Waals surface area (Å²) in [5.41, 5.74) is 3.04. The maximum atomic E-state index is 11.9. The van der Waals surface area contributed by atoms with Gasteiger partial charge in [-0.2, -0.15) is 5.10 Å². The van der Waals surface area contributed by atoms with Gasteiger partial charge in [-0.3, -0.25) is 5.01 Å². The molecule has 2 aromatic carbocycles. The molecule has 0 amide bonds. The van der Waals surface area contributed by atoms with Crippen LogP contribution in [0.4, 0.5) is 4.79 Å². The highest BCUT2D eigenvalue weighted by atomic mass is 35.5. The SMILES string of the molecule is COC(=O)OC1=C(C)N(C)N=C(c2cccc(Cl)c2)C1c1cccc(Cl)c1. The zero-order valence-corrected chi connectivity index (χ0v) is 16.6. The first kappa shape index (κ1) is 19.3. The van der Waals surface area contributed by atoms with Crippen LogP contribution in [0.15, 0.2) is 65.1 Å². The molecule has 5 nitrogen and oxygen atoms in total. The molecular weight excluding hydrogens is 387 g/mol. The van der Waals surface area contributed by atoms with Crippen molar-refractivity contribution in [1.29, 1.82) is 0 Å². The van der Waals surface area contributed by atoms with Crippen molar-refractivity contribution in [3.63, 3.8) is 0 Å². The molecule has 1 aliphatic rings. The van der Waals surface area contributed by atoms with Crippen LogP contribution in [0.1, 0.15) is 24.0 Å². The molecule has 0 aliphatic carbocycles. The molecule has 0 saturated heterocycles. The molecule has 2 aromatic rings. The molecule has 1 unspecified atom stereocenters. The number of carbonyl (C=O) groups excluding carboxylic acids is 1. The smallest absolute Gasteiger partial charge is 0.437 e. The Balaban J connectivity index is 2.19. The summed E-state index contributed by atoms with van der Waals surface area (Å²) in [4.78, 5) is 11.9. The summed E-state index contributed by atoms with van der Waals surface area (Å²) in [6.45, 7) is 1.83. The van der Waals surface area contributed by atoms with Crippen LogP contribution in [0, 0.1) is 0 Å². The fourth-order valence-electron chi connectivity index (χ4n) is 2.92. The van der Waals surface area contributed by atoms with Gasteiger partial charge < -0.3 is 9.47 Å². The summed E-state index contributed by atoms with van der Waals surface area (Å²) in [5.74, 6) is -0.0194. The minimum atomic E-state index is -0.794. The molecule has 0 fully saturated rings. The van der Waals surface area contributed by atoms with Gasteiger partial charge in [-0.1, -0.05) is 47.5 Å². The van der Waals surface area contributed by atoms with Crippen molar-refractivity contribution in [2.75, 3.05) is 14.2 Å². The molecule has 0 bridgehead atoms. The third-order valence-electron chi connectivity index (χ3n) is 4.30. The maximum Gasteiger partial charge on any atom is 0.513 e. The molecular formula is C20H18Cl2N2O3. The van der Waals surface area contributed by atoms with Crippen molar-refractivity contribution < 1.29 is 14.3 Å². The van der Waals surface area contributed by atoms with E-state index in [0.29, 0.717) is 27.2 Å². The zero-order valence-electron chi connectivity index (χ0n) is 15.1. The second-order valence-electron chi connectivity index (χ2n) is 6.01. The first-order valence-corrected chi connectivity index (χ1v) is 8.96. The predicted molar refractivity (Wildman–Crippen MR) is 106 cm³/mol. The van der Waals surface area contributed by atoms with Crippen LogP contribution in [0.5, 0.6) is 0 Å². The van der Waals surface area contributed by atoms with Crippen molar-refractivity contribution in [2.24, 2.45) is 5.10 Å². The van der Waals surface area contributed by atoms with Gasteiger partial charge in [0.1, 0.15) is 5.76 Å². The van der Waals surface area contributed by atoms with Crippen LogP contribution in [0.3, 0.4) is 0 Å². The van der Waals surface area contributed by atoms with Crippen LogP contribution >= 0.6 is 23.2 Å². The Hall–Kier alpha value is -2.50. The van der Waals surface area contributed by atoms with Crippen molar-refractivity contribution in [3.05, 3.63) is 81.2 Å². The van der Waals surface area contributed by atoms with E-state index >= 15 is 0 Å². The largest absolute Gasteiger partial charge is 0.513 e. The number of hydrazone groups is 1. The number of halogens is 2. The summed E-state index contributed by atoms with van der Waals surface area (Å²) >= 11 is 12.4. The van der Waals surface area contributed by atoms with E-state index in [9.17, 15) is 4.79 Å². The van der Waals surface area contributed by atoms with Crippen molar-refractivity contribution in [2.45, 2.75) is 12.8 Å². The zero-order chi connectivity index (χ0) is 19.6. The molecule has 0 aromatic heterocycles. The summed E-state index contributed by atoms with van der Waals surface area (Å²) in [7, 11) is 3.06. The number of hydrogen-bond acceptors (Lipinski definition) is 5. The summed E-state index contributed by atoms with van der Waals surface area (Å²) in [5, 5.41) is 7.53. The number of hydrogen-bond donors (Lipinski definition) is 0. The van der Waals surface area contributed by atoms with E-state index in [-0.39, 0.29) is 0 Å². The molecule has 7 heteroatoms. The maximum absolute atomic E-state index is 11.9. The van der Waals surface area contributed by atoms with Gasteiger partial charge in [0.15, 0.2) is 0 Å². The quantitative estimate of drug-likeness (QED) is 0.638. The monoisotopic (exact) mass is 404 g/mol. The highest BCUT2D eigenvalue weighted by Crippen LogP contribution is 2.37. The molecule has 1 aliphatic heterocycles. The average molecular weight is 405 g/mol. The summed E-state index contributed by atoms with van der Waals surface area (Å²) in [6, 6.07) is 14.7. The van der Waals surface area contributed by atoms with Gasteiger partial charge in [-0.25, -0.2) is 4.79 Å². The molecule has 0 saturated carbocycles. The van der Waals surface area contributed by atoms with Gasteiger partial charge in [-0.15, -0.1) is 0 Å². The normalized spacial score (nSPS) is 16.9. The standard InChI is InChI=1S/C20H18Cl2N2O3/c1-12-19(27-20(25)26-3)17(13-6-4-8-15(21)10-13)18(23-24(12)2)14-7-5-9-16(22)11-14/h4-11,17H,1-3H3. The Morgan fingerprint density at radius 3 is 2.41 bits per heavy atom. The third kappa shape index (κ3) is 4.10. The van der Waals surface area contributed by atoms with Crippen molar-refractivity contribution in [3.8, 4) is 0 Å². The van der Waals surface area contributed by atoms with Crippen LogP contribution in [-0.2, 0) is 9.47 Å². The lowest BCUT2D eigenvalue weighted by molar-refractivity contribution is 0.0911. The number of nitrogens with zero attached hydrogens (tertiary/aromatic N) is 2. The lowest BCUT2D eigenvalue weighted by Crippen LogP contribution is -2.30. The first-order valence-electron chi connectivity index (χ1n) is 8.21. The van der Waals surface area contributed by atoms with E-state index in [1.165, 1.54) is 7.11 Å². The Kier molecular flexibility index (Phi) is 5.73. The van der Waals surface area contributed by atoms with E-state index in [4.69, 9.17) is 37.8 Å². The number of ether oxygens (including phenoxy) is 2. The fourth-order valence-corrected chi connectivity index (χ4v) is 3.31. The lowest BCUT2D eigenvalue weighted by Gasteiger charge is -2.31. The molecule has 140 valence electrons. The molecule has 0 N–H and O–H groups in total. The second kappa shape index (κ2) is 8.03. The van der Waals surface area contributed by atoms with Crippen molar-refractivity contribution in [1.82, 2.24) is 5.01 Å². The number of allylic oxidation sites excluding steroid dienone is 2. The fraction of sp³-hybridized carbons (Fsp3) is 0.200. The van der Waals surface area contributed by atoms with Crippen LogP contribution in [0.2, 0.25) is 10.0 Å². The van der Waals surface area contributed by atoms with Gasteiger partial charge in [0.05, 0.1) is 24.4 Å².